The lowest BCUT2D eigenvalue weighted by Crippen LogP contribution is -2.22. The summed E-state index contributed by atoms with van der Waals surface area (Å²) < 4.78 is 26.1. The summed E-state index contributed by atoms with van der Waals surface area (Å²) in [5.74, 6) is -0.785. The van der Waals surface area contributed by atoms with Gasteiger partial charge in [-0.05, 0) is 62.2 Å². The third-order valence-electron chi connectivity index (χ3n) is 5.11. The Morgan fingerprint density at radius 1 is 0.828 bits per heavy atom. The highest BCUT2D eigenvalue weighted by molar-refractivity contribution is 7.91. The first-order chi connectivity index (χ1) is 13.7. The second kappa shape index (κ2) is 6.67. The normalized spacial score (nSPS) is 14.1. The van der Waals surface area contributed by atoms with Crippen LogP contribution in [0.5, 0.6) is 0 Å². The number of nitrogens with one attached hydrogen (secondary N) is 1. The van der Waals surface area contributed by atoms with Crippen molar-refractivity contribution in [3.8, 4) is 0 Å². The molecule has 0 saturated heterocycles. The third-order valence-corrected chi connectivity index (χ3v) is 6.97. The predicted octanol–water partition coefficient (Wildman–Crippen LogP) is 4.24. The Labute approximate surface area is 169 Å². The van der Waals surface area contributed by atoms with E-state index < -0.39 is 15.7 Å². The van der Waals surface area contributed by atoms with Gasteiger partial charge in [0.1, 0.15) is 0 Å². The fourth-order valence-electron chi connectivity index (χ4n) is 3.79. The number of sulfone groups is 1. The van der Waals surface area contributed by atoms with Gasteiger partial charge in [0, 0.05) is 22.4 Å². The standard InChI is InChI=1S/C23H19NO4S/c1-13-10-14(2)21(15(3)11-13)24-23(26)16-8-9-18-20(12-16)29(27,28)19-7-5-4-6-17(19)22(18)25/h4-12H,1-3H3,(H,24,26). The average molecular weight is 405 g/mol. The number of ketones is 1. The Bertz CT molecular complexity index is 1280. The average Bonchev–Trinajstić information content (AvgIpc) is 2.68. The number of rotatable bonds is 2. The molecule has 0 spiro atoms. The van der Waals surface area contributed by atoms with Crippen molar-refractivity contribution in [1.82, 2.24) is 0 Å². The Morgan fingerprint density at radius 3 is 2.14 bits per heavy atom. The predicted molar refractivity (Wildman–Crippen MR) is 110 cm³/mol. The van der Waals surface area contributed by atoms with E-state index in [4.69, 9.17) is 0 Å². The summed E-state index contributed by atoms with van der Waals surface area (Å²) in [6.07, 6.45) is 0. The van der Waals surface area contributed by atoms with Crippen molar-refractivity contribution in [3.05, 3.63) is 88.0 Å². The fraction of sp³-hybridized carbons (Fsp3) is 0.130. The molecule has 0 aromatic heterocycles. The van der Waals surface area contributed by atoms with Crippen LogP contribution in [0.4, 0.5) is 5.69 Å². The number of carbonyl (C=O) groups excluding carboxylic acids is 2. The van der Waals surface area contributed by atoms with Crippen LogP contribution < -0.4 is 5.32 Å². The van der Waals surface area contributed by atoms with Crippen molar-refractivity contribution in [1.29, 1.82) is 0 Å². The summed E-state index contributed by atoms with van der Waals surface area (Å²) in [4.78, 5) is 25.4. The Morgan fingerprint density at radius 2 is 1.45 bits per heavy atom. The maximum absolute atomic E-state index is 13.0. The number of hydrogen-bond donors (Lipinski definition) is 1. The Hall–Kier alpha value is -3.25. The largest absolute Gasteiger partial charge is 0.322 e. The lowest BCUT2D eigenvalue weighted by atomic mass is 10.0. The molecule has 3 aromatic rings. The van der Waals surface area contributed by atoms with Crippen molar-refractivity contribution < 1.29 is 18.0 Å². The third kappa shape index (κ3) is 3.06. The van der Waals surface area contributed by atoms with Gasteiger partial charge in [-0.25, -0.2) is 8.42 Å². The number of anilines is 1. The van der Waals surface area contributed by atoms with E-state index in [1.807, 2.05) is 32.9 Å². The van der Waals surface area contributed by atoms with Gasteiger partial charge in [-0.1, -0.05) is 29.8 Å². The molecule has 1 aliphatic heterocycles. The second-order valence-electron chi connectivity index (χ2n) is 7.27. The topological polar surface area (TPSA) is 80.3 Å². The van der Waals surface area contributed by atoms with Gasteiger partial charge in [0.05, 0.1) is 9.79 Å². The molecule has 0 unspecified atom stereocenters. The van der Waals surface area contributed by atoms with E-state index in [0.717, 1.165) is 16.7 Å². The minimum Gasteiger partial charge on any atom is -0.322 e. The fourth-order valence-corrected chi connectivity index (χ4v) is 5.47. The van der Waals surface area contributed by atoms with Crippen LogP contribution >= 0.6 is 0 Å². The molecule has 6 heteroatoms. The SMILES string of the molecule is Cc1cc(C)c(NC(=O)c2ccc3c(c2)S(=O)(=O)c2ccccc2C3=O)c(C)c1. The molecule has 0 bridgehead atoms. The van der Waals surface area contributed by atoms with Crippen molar-refractivity contribution in [2.24, 2.45) is 0 Å². The summed E-state index contributed by atoms with van der Waals surface area (Å²) in [6.45, 7) is 5.79. The van der Waals surface area contributed by atoms with Crippen molar-refractivity contribution in [2.45, 2.75) is 30.6 Å². The summed E-state index contributed by atoms with van der Waals surface area (Å²) in [5.41, 5.74) is 4.05. The maximum Gasteiger partial charge on any atom is 0.255 e. The molecule has 1 amide bonds. The van der Waals surface area contributed by atoms with E-state index in [0.29, 0.717) is 5.69 Å². The molecule has 0 atom stereocenters. The first-order valence-corrected chi connectivity index (χ1v) is 10.6. The van der Waals surface area contributed by atoms with Crippen LogP contribution in [0.2, 0.25) is 0 Å². The van der Waals surface area contributed by atoms with Crippen molar-refractivity contribution in [2.75, 3.05) is 5.32 Å². The van der Waals surface area contributed by atoms with Gasteiger partial charge in [0.25, 0.3) is 5.91 Å². The molecule has 4 rings (SSSR count). The monoisotopic (exact) mass is 405 g/mol. The van der Waals surface area contributed by atoms with E-state index in [1.165, 1.54) is 30.3 Å². The molecular weight excluding hydrogens is 386 g/mol. The molecule has 1 aliphatic rings. The van der Waals surface area contributed by atoms with Gasteiger partial charge < -0.3 is 5.32 Å². The Balaban J connectivity index is 1.77. The van der Waals surface area contributed by atoms with Crippen LogP contribution in [0.15, 0.2) is 64.4 Å². The van der Waals surface area contributed by atoms with Crippen molar-refractivity contribution >= 4 is 27.2 Å². The summed E-state index contributed by atoms with van der Waals surface area (Å²) in [5, 5.41) is 2.87. The second-order valence-corrected chi connectivity index (χ2v) is 9.15. The number of benzene rings is 3. The molecule has 5 nitrogen and oxygen atoms in total. The van der Waals surface area contributed by atoms with Crippen LogP contribution in [0, 0.1) is 20.8 Å². The highest BCUT2D eigenvalue weighted by Crippen LogP contribution is 2.35. The maximum atomic E-state index is 13.0. The van der Waals surface area contributed by atoms with Gasteiger partial charge in [0.2, 0.25) is 9.84 Å². The Kier molecular flexibility index (Phi) is 4.39. The van der Waals surface area contributed by atoms with Gasteiger partial charge in [-0.2, -0.15) is 0 Å². The molecule has 0 radical (unpaired) electrons. The zero-order chi connectivity index (χ0) is 20.9. The lowest BCUT2D eigenvalue weighted by Gasteiger charge is -2.19. The molecule has 146 valence electrons. The molecule has 3 aromatic carbocycles. The van der Waals surface area contributed by atoms with Gasteiger partial charge in [-0.15, -0.1) is 0 Å². The van der Waals surface area contributed by atoms with E-state index in [-0.39, 0.29) is 32.3 Å². The van der Waals surface area contributed by atoms with E-state index in [9.17, 15) is 18.0 Å². The summed E-state index contributed by atoms with van der Waals surface area (Å²) in [6, 6.07) is 14.2. The van der Waals surface area contributed by atoms with Gasteiger partial charge in [-0.3, -0.25) is 9.59 Å². The van der Waals surface area contributed by atoms with Crippen LogP contribution in [0.25, 0.3) is 0 Å². The van der Waals surface area contributed by atoms with E-state index in [2.05, 4.69) is 5.32 Å². The zero-order valence-electron chi connectivity index (χ0n) is 16.2. The molecule has 1 N–H and O–H groups in total. The number of hydrogen-bond acceptors (Lipinski definition) is 4. The molecule has 1 heterocycles. The highest BCUT2D eigenvalue weighted by Gasteiger charge is 2.35. The van der Waals surface area contributed by atoms with Crippen LogP contribution in [0.1, 0.15) is 43.0 Å². The van der Waals surface area contributed by atoms with Crippen LogP contribution in [-0.2, 0) is 9.84 Å². The minimum absolute atomic E-state index is 0.0275. The molecule has 0 aliphatic carbocycles. The number of aryl methyl sites for hydroxylation is 3. The smallest absolute Gasteiger partial charge is 0.255 e. The van der Waals surface area contributed by atoms with Gasteiger partial charge >= 0.3 is 0 Å². The number of amides is 1. The number of fused-ring (bicyclic) bond motifs is 2. The van der Waals surface area contributed by atoms with E-state index in [1.54, 1.807) is 12.1 Å². The summed E-state index contributed by atoms with van der Waals surface area (Å²) in [7, 11) is -3.89. The zero-order valence-corrected chi connectivity index (χ0v) is 17.1. The highest BCUT2D eigenvalue weighted by atomic mass is 32.2. The molecule has 29 heavy (non-hydrogen) atoms. The van der Waals surface area contributed by atoms with Crippen molar-refractivity contribution in [3.63, 3.8) is 0 Å². The lowest BCUT2D eigenvalue weighted by molar-refractivity contribution is 0.101. The number of carbonyl (C=O) groups is 2. The summed E-state index contributed by atoms with van der Waals surface area (Å²) >= 11 is 0. The quantitative estimate of drug-likeness (QED) is 0.541. The first-order valence-electron chi connectivity index (χ1n) is 9.12. The molecule has 0 saturated carbocycles. The minimum atomic E-state index is -3.89. The van der Waals surface area contributed by atoms with Gasteiger partial charge in [0.15, 0.2) is 5.78 Å². The van der Waals surface area contributed by atoms with E-state index >= 15 is 0 Å². The first kappa shape index (κ1) is 19.1. The molecule has 0 fully saturated rings. The van der Waals surface area contributed by atoms with Crippen LogP contribution in [-0.4, -0.2) is 20.1 Å². The van der Waals surface area contributed by atoms with Crippen LogP contribution in [0.3, 0.4) is 0 Å². The molecular formula is C23H19NO4S.